The number of allylic oxidation sites excluding steroid dienone is 1. The summed E-state index contributed by atoms with van der Waals surface area (Å²) in [6.45, 7) is 2.09. The number of rotatable bonds is 1. The van der Waals surface area contributed by atoms with E-state index in [9.17, 15) is 4.79 Å². The lowest BCUT2D eigenvalue weighted by Crippen LogP contribution is -2.15. The molecule has 0 aromatic rings. The van der Waals surface area contributed by atoms with Crippen LogP contribution in [0.2, 0.25) is 0 Å². The molecule has 0 aromatic heterocycles. The van der Waals surface area contributed by atoms with Crippen molar-refractivity contribution >= 4 is 5.78 Å². The summed E-state index contributed by atoms with van der Waals surface area (Å²) in [5, 5.41) is 8.57. The zero-order valence-electron chi connectivity index (χ0n) is 6.84. The second kappa shape index (κ2) is 3.67. The van der Waals surface area contributed by atoms with Gasteiger partial charge in [-0.2, -0.15) is 0 Å². The largest absolute Gasteiger partial charge is 0.392 e. The third-order valence-corrected chi connectivity index (χ3v) is 2.14. The lowest BCUT2D eigenvalue weighted by atomic mass is 9.86. The summed E-state index contributed by atoms with van der Waals surface area (Å²) >= 11 is 0. The number of carbonyl (C=O) groups is 1. The number of hydrogen-bond acceptors (Lipinski definition) is 2. The Morgan fingerprint density at radius 2 is 2.45 bits per heavy atom. The van der Waals surface area contributed by atoms with E-state index in [1.807, 2.05) is 0 Å². The van der Waals surface area contributed by atoms with Crippen LogP contribution >= 0.6 is 0 Å². The van der Waals surface area contributed by atoms with E-state index >= 15 is 0 Å². The Bertz CT molecular complexity index is 182. The molecule has 1 saturated carbocycles. The van der Waals surface area contributed by atoms with Gasteiger partial charge in [0.1, 0.15) is 0 Å². The number of Topliss-reactive ketones (excluding diaryl/α,β-unsaturated/α-hetero) is 1. The SMILES string of the molecule is CC1CC/C(=C\CO)C(=O)C1. The van der Waals surface area contributed by atoms with Gasteiger partial charge in [0.25, 0.3) is 0 Å². The van der Waals surface area contributed by atoms with Crippen LogP contribution in [0.5, 0.6) is 0 Å². The lowest BCUT2D eigenvalue weighted by Gasteiger charge is -2.18. The van der Waals surface area contributed by atoms with E-state index < -0.39 is 0 Å². The first-order valence-electron chi connectivity index (χ1n) is 4.07. The highest BCUT2D eigenvalue weighted by atomic mass is 16.2. The second-order valence-corrected chi connectivity index (χ2v) is 3.18. The highest BCUT2D eigenvalue weighted by molar-refractivity contribution is 5.96. The van der Waals surface area contributed by atoms with E-state index in [4.69, 9.17) is 5.11 Å². The van der Waals surface area contributed by atoms with Crippen molar-refractivity contribution in [2.75, 3.05) is 6.61 Å². The molecule has 0 heterocycles. The van der Waals surface area contributed by atoms with Crippen molar-refractivity contribution in [2.45, 2.75) is 26.2 Å². The molecule has 0 bridgehead atoms. The molecular weight excluding hydrogens is 140 g/mol. The standard InChI is InChI=1S/C9H14O2/c1-7-2-3-8(4-5-10)9(11)6-7/h4,7,10H,2-3,5-6H2,1H3/b8-4+. The highest BCUT2D eigenvalue weighted by Crippen LogP contribution is 2.24. The van der Waals surface area contributed by atoms with Crippen LogP contribution in [-0.4, -0.2) is 17.5 Å². The lowest BCUT2D eigenvalue weighted by molar-refractivity contribution is -0.117. The van der Waals surface area contributed by atoms with Crippen LogP contribution in [0, 0.1) is 5.92 Å². The smallest absolute Gasteiger partial charge is 0.158 e. The van der Waals surface area contributed by atoms with Crippen molar-refractivity contribution in [1.29, 1.82) is 0 Å². The Morgan fingerprint density at radius 3 is 3.00 bits per heavy atom. The Hall–Kier alpha value is -0.630. The third-order valence-electron chi connectivity index (χ3n) is 2.14. The summed E-state index contributed by atoms with van der Waals surface area (Å²) in [6.07, 6.45) is 4.22. The van der Waals surface area contributed by atoms with Crippen LogP contribution in [0.4, 0.5) is 0 Å². The zero-order chi connectivity index (χ0) is 8.27. The molecule has 62 valence electrons. The summed E-state index contributed by atoms with van der Waals surface area (Å²) in [7, 11) is 0. The molecule has 0 amide bonds. The fourth-order valence-corrected chi connectivity index (χ4v) is 1.42. The van der Waals surface area contributed by atoms with Crippen molar-refractivity contribution < 1.29 is 9.90 Å². The van der Waals surface area contributed by atoms with Crippen LogP contribution < -0.4 is 0 Å². The summed E-state index contributed by atoms with van der Waals surface area (Å²) in [4.78, 5) is 11.2. The molecule has 2 nitrogen and oxygen atoms in total. The van der Waals surface area contributed by atoms with Gasteiger partial charge < -0.3 is 5.11 Å². The average Bonchev–Trinajstić information content (AvgIpc) is 1.95. The molecule has 1 atom stereocenters. The van der Waals surface area contributed by atoms with Crippen molar-refractivity contribution in [3.05, 3.63) is 11.6 Å². The van der Waals surface area contributed by atoms with Gasteiger partial charge in [-0.25, -0.2) is 0 Å². The topological polar surface area (TPSA) is 37.3 Å². The summed E-state index contributed by atoms with van der Waals surface area (Å²) in [6, 6.07) is 0. The van der Waals surface area contributed by atoms with Gasteiger partial charge in [-0.1, -0.05) is 13.0 Å². The van der Waals surface area contributed by atoms with E-state index in [-0.39, 0.29) is 12.4 Å². The van der Waals surface area contributed by atoms with Crippen molar-refractivity contribution in [3.63, 3.8) is 0 Å². The van der Waals surface area contributed by atoms with Crippen LogP contribution in [0.15, 0.2) is 11.6 Å². The quantitative estimate of drug-likeness (QED) is 0.578. The Kier molecular flexibility index (Phi) is 2.83. The number of hydrogen-bond donors (Lipinski definition) is 1. The predicted octanol–water partition coefficient (Wildman–Crippen LogP) is 1.29. The van der Waals surface area contributed by atoms with E-state index in [0.717, 1.165) is 18.4 Å². The van der Waals surface area contributed by atoms with Gasteiger partial charge in [0, 0.05) is 6.42 Å². The average molecular weight is 154 g/mol. The maximum absolute atomic E-state index is 11.2. The maximum atomic E-state index is 11.2. The summed E-state index contributed by atoms with van der Waals surface area (Å²) < 4.78 is 0. The Balaban J connectivity index is 2.58. The van der Waals surface area contributed by atoms with Crippen LogP contribution in [0.25, 0.3) is 0 Å². The fourth-order valence-electron chi connectivity index (χ4n) is 1.42. The molecule has 0 spiro atoms. The number of carbonyl (C=O) groups excluding carboxylic acids is 1. The molecule has 1 unspecified atom stereocenters. The van der Waals surface area contributed by atoms with Crippen LogP contribution in [0.1, 0.15) is 26.2 Å². The molecule has 11 heavy (non-hydrogen) atoms. The molecule has 1 aliphatic carbocycles. The van der Waals surface area contributed by atoms with E-state index in [2.05, 4.69) is 6.92 Å². The fraction of sp³-hybridized carbons (Fsp3) is 0.667. The molecule has 1 aliphatic rings. The molecule has 1 N–H and O–H groups in total. The highest BCUT2D eigenvalue weighted by Gasteiger charge is 2.19. The Morgan fingerprint density at radius 1 is 1.73 bits per heavy atom. The number of ketones is 1. The molecular formula is C9H14O2. The molecule has 0 aliphatic heterocycles. The third kappa shape index (κ3) is 2.15. The second-order valence-electron chi connectivity index (χ2n) is 3.18. The van der Waals surface area contributed by atoms with Gasteiger partial charge in [0.2, 0.25) is 0 Å². The van der Waals surface area contributed by atoms with Crippen molar-refractivity contribution in [1.82, 2.24) is 0 Å². The zero-order valence-corrected chi connectivity index (χ0v) is 6.84. The summed E-state index contributed by atoms with van der Waals surface area (Å²) in [5.41, 5.74) is 0.825. The number of aliphatic hydroxyl groups excluding tert-OH is 1. The van der Waals surface area contributed by atoms with Crippen molar-refractivity contribution in [3.8, 4) is 0 Å². The van der Waals surface area contributed by atoms with E-state index in [1.54, 1.807) is 6.08 Å². The molecule has 2 heteroatoms. The van der Waals surface area contributed by atoms with Gasteiger partial charge in [-0.05, 0) is 24.3 Å². The van der Waals surface area contributed by atoms with Crippen molar-refractivity contribution in [2.24, 2.45) is 5.92 Å². The minimum absolute atomic E-state index is 0.00451. The molecule has 0 aromatic carbocycles. The van der Waals surface area contributed by atoms with Gasteiger partial charge in [-0.3, -0.25) is 4.79 Å². The van der Waals surface area contributed by atoms with E-state index in [1.165, 1.54) is 0 Å². The predicted molar refractivity (Wildman–Crippen MR) is 43.2 cm³/mol. The first-order valence-corrected chi connectivity index (χ1v) is 4.07. The molecule has 1 rings (SSSR count). The van der Waals surface area contributed by atoms with Gasteiger partial charge in [0.05, 0.1) is 6.61 Å². The minimum atomic E-state index is -0.00451. The van der Waals surface area contributed by atoms with Gasteiger partial charge in [-0.15, -0.1) is 0 Å². The molecule has 0 radical (unpaired) electrons. The van der Waals surface area contributed by atoms with E-state index in [0.29, 0.717) is 12.3 Å². The van der Waals surface area contributed by atoms with Crippen LogP contribution in [0.3, 0.4) is 0 Å². The first-order chi connectivity index (χ1) is 5.24. The minimum Gasteiger partial charge on any atom is -0.392 e. The molecule has 0 saturated heterocycles. The van der Waals surface area contributed by atoms with Crippen LogP contribution in [-0.2, 0) is 4.79 Å². The first kappa shape index (κ1) is 8.47. The van der Waals surface area contributed by atoms with Gasteiger partial charge in [0.15, 0.2) is 5.78 Å². The number of aliphatic hydroxyl groups is 1. The van der Waals surface area contributed by atoms with Gasteiger partial charge >= 0.3 is 0 Å². The normalized spacial score (nSPS) is 29.5. The monoisotopic (exact) mass is 154 g/mol. The molecule has 1 fully saturated rings. The summed E-state index contributed by atoms with van der Waals surface area (Å²) in [5.74, 6) is 0.746. The maximum Gasteiger partial charge on any atom is 0.158 e. The Labute approximate surface area is 66.9 Å².